The first-order valence-electron chi connectivity index (χ1n) is 6.23. The lowest BCUT2D eigenvalue weighted by molar-refractivity contribution is -0.129. The fourth-order valence-corrected chi connectivity index (χ4v) is 1.58. The minimum atomic E-state index is -1.02. The van der Waals surface area contributed by atoms with Gasteiger partial charge >= 0.3 is 5.97 Å². The maximum absolute atomic E-state index is 11.6. The highest BCUT2D eigenvalue weighted by Crippen LogP contribution is 2.08. The van der Waals surface area contributed by atoms with Gasteiger partial charge in [0.2, 0.25) is 11.8 Å². The Bertz CT molecular complexity index is 508. The minimum Gasteiger partial charge on any atom is -0.478 e. The van der Waals surface area contributed by atoms with Gasteiger partial charge in [0.1, 0.15) is 6.04 Å². The molecule has 0 aliphatic carbocycles. The predicted molar refractivity (Wildman–Crippen MR) is 73.1 cm³/mol. The lowest BCUT2D eigenvalue weighted by atomic mass is 10.0. The second kappa shape index (κ2) is 6.70. The Kier molecular flexibility index (Phi) is 5.25. The molecule has 0 saturated heterocycles. The highest BCUT2D eigenvalue weighted by atomic mass is 16.4. The van der Waals surface area contributed by atoms with Crippen LogP contribution in [-0.2, 0) is 16.0 Å². The van der Waals surface area contributed by atoms with Crippen LogP contribution >= 0.6 is 0 Å². The van der Waals surface area contributed by atoms with Gasteiger partial charge in [0.25, 0.3) is 0 Å². The number of aromatic carboxylic acids is 1. The summed E-state index contributed by atoms with van der Waals surface area (Å²) in [5.74, 6) is -2.14. The van der Waals surface area contributed by atoms with E-state index in [4.69, 9.17) is 10.8 Å². The van der Waals surface area contributed by atoms with Gasteiger partial charge in [0, 0.05) is 12.3 Å². The fraction of sp³-hybridized carbons (Fsp3) is 0.357. The number of primary amides is 1. The highest BCUT2D eigenvalue weighted by molar-refractivity contribution is 5.88. The van der Waals surface area contributed by atoms with Gasteiger partial charge in [-0.2, -0.15) is 0 Å². The van der Waals surface area contributed by atoms with Crippen LogP contribution in [0.1, 0.15) is 29.8 Å². The molecule has 0 aliphatic rings. The van der Waals surface area contributed by atoms with Crippen LogP contribution in [0.4, 0.5) is 0 Å². The topological polar surface area (TPSA) is 109 Å². The molecule has 1 atom stereocenters. The molecule has 6 nitrogen and oxygen atoms in total. The van der Waals surface area contributed by atoms with E-state index in [1.807, 2.05) is 0 Å². The van der Waals surface area contributed by atoms with Gasteiger partial charge in [-0.25, -0.2) is 4.79 Å². The standard InChI is InChI=1S/C14H18N2O4/c1-8(2)13(18)16-11(12(15)17)7-9-3-5-10(6-4-9)14(19)20/h3-6,8,11H,7H2,1-2H3,(H2,15,17)(H,16,18)(H,19,20)/t11-/m1/s1. The monoisotopic (exact) mass is 278 g/mol. The quantitative estimate of drug-likeness (QED) is 0.706. The summed E-state index contributed by atoms with van der Waals surface area (Å²) in [6.45, 7) is 3.43. The zero-order valence-corrected chi connectivity index (χ0v) is 11.4. The molecular weight excluding hydrogens is 260 g/mol. The zero-order valence-electron chi connectivity index (χ0n) is 11.4. The Hall–Kier alpha value is -2.37. The van der Waals surface area contributed by atoms with E-state index < -0.39 is 17.9 Å². The molecule has 4 N–H and O–H groups in total. The van der Waals surface area contributed by atoms with Crippen LogP contribution in [0.2, 0.25) is 0 Å². The number of carbonyl (C=O) groups excluding carboxylic acids is 2. The van der Waals surface area contributed by atoms with Crippen molar-refractivity contribution >= 4 is 17.8 Å². The van der Waals surface area contributed by atoms with Crippen LogP contribution in [0.5, 0.6) is 0 Å². The molecule has 1 aromatic carbocycles. The van der Waals surface area contributed by atoms with Crippen molar-refractivity contribution in [3.05, 3.63) is 35.4 Å². The second-order valence-corrected chi connectivity index (χ2v) is 4.82. The number of amides is 2. The van der Waals surface area contributed by atoms with E-state index in [1.165, 1.54) is 12.1 Å². The van der Waals surface area contributed by atoms with Crippen LogP contribution in [0.3, 0.4) is 0 Å². The van der Waals surface area contributed by atoms with E-state index in [9.17, 15) is 14.4 Å². The minimum absolute atomic E-state index is 0.163. The van der Waals surface area contributed by atoms with Crippen LogP contribution in [0.15, 0.2) is 24.3 Å². The number of rotatable bonds is 6. The van der Waals surface area contributed by atoms with Crippen molar-refractivity contribution in [1.29, 1.82) is 0 Å². The molecule has 0 fully saturated rings. The molecule has 0 radical (unpaired) electrons. The van der Waals surface area contributed by atoms with Crippen LogP contribution in [-0.4, -0.2) is 28.9 Å². The lowest BCUT2D eigenvalue weighted by Gasteiger charge is -2.17. The fourth-order valence-electron chi connectivity index (χ4n) is 1.58. The van der Waals surface area contributed by atoms with Crippen LogP contribution in [0, 0.1) is 5.92 Å². The average molecular weight is 278 g/mol. The third-order valence-electron chi connectivity index (χ3n) is 2.83. The SMILES string of the molecule is CC(C)C(=O)N[C@H](Cc1ccc(C(=O)O)cc1)C(N)=O. The molecule has 0 aliphatic heterocycles. The van der Waals surface area contributed by atoms with Crippen molar-refractivity contribution < 1.29 is 19.5 Å². The van der Waals surface area contributed by atoms with E-state index in [2.05, 4.69) is 5.32 Å². The summed E-state index contributed by atoms with van der Waals surface area (Å²) in [4.78, 5) is 33.7. The summed E-state index contributed by atoms with van der Waals surface area (Å²) in [5.41, 5.74) is 6.15. The Labute approximate surface area is 117 Å². The van der Waals surface area contributed by atoms with Gasteiger partial charge < -0.3 is 16.2 Å². The average Bonchev–Trinajstić information content (AvgIpc) is 2.38. The Morgan fingerprint density at radius 1 is 1.20 bits per heavy atom. The highest BCUT2D eigenvalue weighted by Gasteiger charge is 2.20. The summed E-state index contributed by atoms with van der Waals surface area (Å²) in [6, 6.07) is 5.28. The molecule has 2 amide bonds. The van der Waals surface area contributed by atoms with Crippen molar-refractivity contribution in [2.24, 2.45) is 11.7 Å². The molecule has 0 aromatic heterocycles. The van der Waals surface area contributed by atoms with E-state index in [0.717, 1.165) is 5.56 Å². The Balaban J connectivity index is 2.78. The van der Waals surface area contributed by atoms with Gasteiger partial charge in [-0.3, -0.25) is 9.59 Å². The third-order valence-corrected chi connectivity index (χ3v) is 2.83. The van der Waals surface area contributed by atoms with Crippen molar-refractivity contribution in [2.45, 2.75) is 26.3 Å². The molecule has 1 aromatic rings. The number of nitrogens with two attached hydrogens (primary N) is 1. The first-order chi connectivity index (χ1) is 9.31. The largest absolute Gasteiger partial charge is 0.478 e. The molecule has 20 heavy (non-hydrogen) atoms. The van der Waals surface area contributed by atoms with E-state index in [0.29, 0.717) is 0 Å². The lowest BCUT2D eigenvalue weighted by Crippen LogP contribution is -2.47. The van der Waals surface area contributed by atoms with Gasteiger partial charge in [-0.1, -0.05) is 26.0 Å². The molecule has 0 unspecified atom stereocenters. The summed E-state index contributed by atoms with van der Waals surface area (Å²) in [7, 11) is 0. The van der Waals surface area contributed by atoms with Gasteiger partial charge in [0.05, 0.1) is 5.56 Å². The number of carboxylic acids is 1. The summed E-state index contributed by atoms with van der Waals surface area (Å²) in [5, 5.41) is 11.4. The summed E-state index contributed by atoms with van der Waals surface area (Å²) >= 11 is 0. The van der Waals surface area contributed by atoms with Crippen molar-refractivity contribution in [1.82, 2.24) is 5.32 Å². The van der Waals surface area contributed by atoms with Crippen LogP contribution < -0.4 is 11.1 Å². The number of nitrogens with one attached hydrogen (secondary N) is 1. The van der Waals surface area contributed by atoms with Crippen molar-refractivity contribution in [3.63, 3.8) is 0 Å². The predicted octanol–water partition coefficient (Wildman–Crippen LogP) is 0.553. The summed E-state index contributed by atoms with van der Waals surface area (Å²) in [6.07, 6.45) is 0.230. The van der Waals surface area contributed by atoms with Crippen molar-refractivity contribution in [2.75, 3.05) is 0 Å². The molecule has 0 saturated carbocycles. The molecule has 1 rings (SSSR count). The van der Waals surface area contributed by atoms with E-state index >= 15 is 0 Å². The second-order valence-electron chi connectivity index (χ2n) is 4.82. The normalized spacial score (nSPS) is 11.9. The van der Waals surface area contributed by atoms with E-state index in [-0.39, 0.29) is 23.8 Å². The number of hydrogen-bond acceptors (Lipinski definition) is 3. The first kappa shape index (κ1) is 15.7. The molecular formula is C14H18N2O4. The number of hydrogen-bond donors (Lipinski definition) is 3. The Morgan fingerprint density at radius 3 is 2.15 bits per heavy atom. The maximum Gasteiger partial charge on any atom is 0.335 e. The number of carbonyl (C=O) groups is 3. The zero-order chi connectivity index (χ0) is 15.3. The van der Waals surface area contributed by atoms with Crippen molar-refractivity contribution in [3.8, 4) is 0 Å². The van der Waals surface area contributed by atoms with Gasteiger partial charge in [0.15, 0.2) is 0 Å². The molecule has 108 valence electrons. The first-order valence-corrected chi connectivity index (χ1v) is 6.23. The third kappa shape index (κ3) is 4.38. The smallest absolute Gasteiger partial charge is 0.335 e. The number of benzene rings is 1. The van der Waals surface area contributed by atoms with Crippen LogP contribution in [0.25, 0.3) is 0 Å². The molecule has 0 heterocycles. The van der Waals surface area contributed by atoms with Gasteiger partial charge in [-0.15, -0.1) is 0 Å². The Morgan fingerprint density at radius 2 is 1.75 bits per heavy atom. The maximum atomic E-state index is 11.6. The summed E-state index contributed by atoms with van der Waals surface area (Å²) < 4.78 is 0. The number of carboxylic acid groups (broad SMARTS) is 1. The van der Waals surface area contributed by atoms with E-state index in [1.54, 1.807) is 26.0 Å². The molecule has 6 heteroatoms. The molecule has 0 spiro atoms. The molecule has 0 bridgehead atoms. The van der Waals surface area contributed by atoms with Gasteiger partial charge in [-0.05, 0) is 17.7 Å².